The number of carbonyl (C=O) groups is 2. The van der Waals surface area contributed by atoms with E-state index in [2.05, 4.69) is 10.3 Å². The Morgan fingerprint density at radius 2 is 1.85 bits per heavy atom. The molecule has 172 valence electrons. The fourth-order valence-corrected chi connectivity index (χ4v) is 3.92. The maximum absolute atomic E-state index is 13.5. The molecular formula is C24H26N4O5. The Labute approximate surface area is 191 Å². The quantitative estimate of drug-likeness (QED) is 0.569. The second kappa shape index (κ2) is 9.72. The highest BCUT2D eigenvalue weighted by atomic mass is 16.6. The van der Waals surface area contributed by atoms with Gasteiger partial charge in [-0.05, 0) is 36.8 Å². The maximum Gasteiger partial charge on any atom is 0.257 e. The second-order valence-corrected chi connectivity index (χ2v) is 7.83. The molecule has 2 amide bonds. The Morgan fingerprint density at radius 3 is 2.52 bits per heavy atom. The van der Waals surface area contributed by atoms with Crippen LogP contribution in [-0.4, -0.2) is 58.7 Å². The summed E-state index contributed by atoms with van der Waals surface area (Å²) in [5, 5.41) is 7.57. The third kappa shape index (κ3) is 4.82. The minimum Gasteiger partial charge on any atom is -0.497 e. The largest absolute Gasteiger partial charge is 0.497 e. The van der Waals surface area contributed by atoms with Crippen LogP contribution in [0.2, 0.25) is 0 Å². The van der Waals surface area contributed by atoms with E-state index in [4.69, 9.17) is 14.1 Å². The van der Waals surface area contributed by atoms with Gasteiger partial charge in [-0.2, -0.15) is 0 Å². The number of aryl methyl sites for hydroxylation is 1. The minimum absolute atomic E-state index is 0.0248. The van der Waals surface area contributed by atoms with Crippen LogP contribution in [0.25, 0.3) is 0 Å². The molecule has 33 heavy (non-hydrogen) atoms. The maximum atomic E-state index is 13.5. The number of piperazine rings is 1. The second-order valence-electron chi connectivity index (χ2n) is 7.83. The Kier molecular flexibility index (Phi) is 6.58. The van der Waals surface area contributed by atoms with E-state index < -0.39 is 0 Å². The minimum atomic E-state index is -0.247. The summed E-state index contributed by atoms with van der Waals surface area (Å²) in [7, 11) is 1.61. The molecule has 1 aliphatic rings. The zero-order valence-electron chi connectivity index (χ0n) is 18.9. The fourth-order valence-electron chi connectivity index (χ4n) is 3.92. The van der Waals surface area contributed by atoms with E-state index in [0.29, 0.717) is 42.3 Å². The molecule has 3 aromatic rings. The van der Waals surface area contributed by atoms with E-state index in [0.717, 1.165) is 11.3 Å². The number of carbonyl (C=O) groups excluding carboxylic acids is 2. The molecule has 0 saturated carbocycles. The summed E-state index contributed by atoms with van der Waals surface area (Å²) in [5.41, 5.74) is 2.62. The molecule has 2 heterocycles. The molecule has 1 fully saturated rings. The van der Waals surface area contributed by atoms with Gasteiger partial charge in [-0.15, -0.1) is 0 Å². The van der Waals surface area contributed by atoms with Crippen molar-refractivity contribution in [1.82, 2.24) is 20.1 Å². The van der Waals surface area contributed by atoms with Gasteiger partial charge in [-0.3, -0.25) is 9.59 Å². The van der Waals surface area contributed by atoms with E-state index in [-0.39, 0.29) is 24.5 Å². The summed E-state index contributed by atoms with van der Waals surface area (Å²) in [6.45, 7) is 4.74. The molecule has 0 spiro atoms. The lowest BCUT2D eigenvalue weighted by Gasteiger charge is -2.41. The molecule has 1 aromatic heterocycles. The number of benzene rings is 2. The van der Waals surface area contributed by atoms with Gasteiger partial charge >= 0.3 is 0 Å². The van der Waals surface area contributed by atoms with Crippen molar-refractivity contribution in [3.63, 3.8) is 0 Å². The summed E-state index contributed by atoms with van der Waals surface area (Å²) in [6.07, 6.45) is 0. The molecule has 4 rings (SSSR count). The molecule has 0 N–H and O–H groups in total. The molecule has 1 unspecified atom stereocenters. The van der Waals surface area contributed by atoms with Gasteiger partial charge in [0.25, 0.3) is 5.91 Å². The van der Waals surface area contributed by atoms with Crippen molar-refractivity contribution in [2.24, 2.45) is 0 Å². The average molecular weight is 450 g/mol. The van der Waals surface area contributed by atoms with Crippen molar-refractivity contribution in [2.45, 2.75) is 26.5 Å². The smallest absolute Gasteiger partial charge is 0.257 e. The molecule has 2 aromatic carbocycles. The average Bonchev–Trinajstić information content (AvgIpc) is 3.26. The zero-order chi connectivity index (χ0) is 23.4. The first-order valence-electron chi connectivity index (χ1n) is 10.7. The van der Waals surface area contributed by atoms with E-state index in [1.54, 1.807) is 49.0 Å². The molecule has 0 radical (unpaired) electrons. The van der Waals surface area contributed by atoms with E-state index in [1.165, 1.54) is 0 Å². The molecule has 1 saturated heterocycles. The number of aromatic nitrogens is 2. The Morgan fingerprint density at radius 1 is 1.09 bits per heavy atom. The van der Waals surface area contributed by atoms with Crippen LogP contribution in [-0.2, 0) is 11.4 Å². The van der Waals surface area contributed by atoms with Gasteiger partial charge in [0.1, 0.15) is 29.5 Å². The van der Waals surface area contributed by atoms with Gasteiger partial charge in [-0.1, -0.05) is 34.6 Å². The monoisotopic (exact) mass is 450 g/mol. The summed E-state index contributed by atoms with van der Waals surface area (Å²) in [6, 6.07) is 14.4. The van der Waals surface area contributed by atoms with E-state index in [1.807, 2.05) is 30.3 Å². The Bertz CT molecular complexity index is 1130. The van der Waals surface area contributed by atoms with Crippen molar-refractivity contribution in [3.05, 3.63) is 71.0 Å². The predicted molar refractivity (Wildman–Crippen MR) is 119 cm³/mol. The van der Waals surface area contributed by atoms with Crippen LogP contribution >= 0.6 is 0 Å². The molecule has 1 aliphatic heterocycles. The number of para-hydroxylation sites is 1. The molecule has 9 nitrogen and oxygen atoms in total. The highest BCUT2D eigenvalue weighted by Gasteiger charge is 2.33. The van der Waals surface area contributed by atoms with Crippen molar-refractivity contribution in [3.8, 4) is 11.5 Å². The number of methoxy groups -OCH3 is 1. The van der Waals surface area contributed by atoms with E-state index >= 15 is 0 Å². The lowest BCUT2D eigenvalue weighted by Crippen LogP contribution is -2.51. The summed E-state index contributed by atoms with van der Waals surface area (Å²) >= 11 is 0. The number of ether oxygens (including phenoxy) is 2. The van der Waals surface area contributed by atoms with Gasteiger partial charge in [0.05, 0.1) is 18.7 Å². The van der Waals surface area contributed by atoms with Gasteiger partial charge in [0, 0.05) is 26.6 Å². The molecular weight excluding hydrogens is 424 g/mol. The number of nitrogens with zero attached hydrogens (tertiary/aromatic N) is 4. The number of rotatable bonds is 6. The number of hydrogen-bond donors (Lipinski definition) is 0. The van der Waals surface area contributed by atoms with Crippen LogP contribution < -0.4 is 9.47 Å². The fraction of sp³-hybridized carbons (Fsp3) is 0.333. The molecule has 1 atom stereocenters. The van der Waals surface area contributed by atoms with E-state index in [9.17, 15) is 9.59 Å². The normalized spacial score (nSPS) is 15.9. The first-order valence-corrected chi connectivity index (χ1v) is 10.7. The number of amides is 2. The highest BCUT2D eigenvalue weighted by molar-refractivity contribution is 5.97. The van der Waals surface area contributed by atoms with Gasteiger partial charge in [0.15, 0.2) is 0 Å². The molecule has 9 heteroatoms. The standard InChI is InChI=1S/C24H26N4O5/c1-16-21(26-33-25-16)15-32-23-7-5-4-6-20(23)24(30)27-12-13-28(17(2)29)22(14-27)18-8-10-19(31-3)11-9-18/h4-11,22H,12-15H2,1-3H3. The first-order chi connectivity index (χ1) is 16.0. The summed E-state index contributed by atoms with van der Waals surface area (Å²) < 4.78 is 15.8. The van der Waals surface area contributed by atoms with Crippen LogP contribution in [0.1, 0.15) is 40.3 Å². The van der Waals surface area contributed by atoms with Crippen molar-refractivity contribution in [2.75, 3.05) is 26.7 Å². The first kappa shape index (κ1) is 22.3. The highest BCUT2D eigenvalue weighted by Crippen LogP contribution is 2.29. The van der Waals surface area contributed by atoms with Crippen LogP contribution in [0.4, 0.5) is 0 Å². The Balaban J connectivity index is 1.54. The SMILES string of the molecule is COc1ccc(C2CN(C(=O)c3ccccc3OCc3nonc3C)CCN2C(C)=O)cc1. The van der Waals surface area contributed by atoms with Crippen molar-refractivity contribution >= 4 is 11.8 Å². The molecule has 0 aliphatic carbocycles. The summed E-state index contributed by atoms with van der Waals surface area (Å²) in [5.74, 6) is 1.02. The lowest BCUT2D eigenvalue weighted by molar-refractivity contribution is -0.133. The van der Waals surface area contributed by atoms with Crippen LogP contribution in [0.5, 0.6) is 11.5 Å². The summed E-state index contributed by atoms with van der Waals surface area (Å²) in [4.78, 5) is 29.3. The predicted octanol–water partition coefficient (Wildman–Crippen LogP) is 3.01. The number of hydrogen-bond acceptors (Lipinski definition) is 7. The van der Waals surface area contributed by atoms with Crippen molar-refractivity contribution in [1.29, 1.82) is 0 Å². The van der Waals surface area contributed by atoms with Gasteiger partial charge < -0.3 is 19.3 Å². The van der Waals surface area contributed by atoms with Crippen molar-refractivity contribution < 1.29 is 23.7 Å². The molecule has 0 bridgehead atoms. The van der Waals surface area contributed by atoms with Gasteiger partial charge in [-0.25, -0.2) is 4.63 Å². The lowest BCUT2D eigenvalue weighted by atomic mass is 10.0. The Hall–Kier alpha value is -3.88. The van der Waals surface area contributed by atoms with Crippen LogP contribution in [0.15, 0.2) is 53.2 Å². The zero-order valence-corrected chi connectivity index (χ0v) is 18.9. The van der Waals surface area contributed by atoms with Crippen LogP contribution in [0, 0.1) is 6.92 Å². The third-order valence-electron chi connectivity index (χ3n) is 5.80. The van der Waals surface area contributed by atoms with Gasteiger partial charge in [0.2, 0.25) is 5.91 Å². The third-order valence-corrected chi connectivity index (χ3v) is 5.80. The van der Waals surface area contributed by atoms with Crippen LogP contribution in [0.3, 0.4) is 0 Å². The topological polar surface area (TPSA) is 98.0 Å².